The zero-order valence-electron chi connectivity index (χ0n) is 13.1. The van der Waals surface area contributed by atoms with Crippen molar-refractivity contribution < 1.29 is 12.8 Å². The largest absolute Gasteiger partial charge is 0.464 e. The fraction of sp³-hybridized carbons (Fsp3) is 0.714. The van der Waals surface area contributed by atoms with Crippen LogP contribution in [-0.2, 0) is 16.6 Å². The SMILES string of the molecule is Cc1oc(CNC2CC2)cc1S(=O)(=O)NCC(C)N(C)C. The molecule has 1 saturated carbocycles. The van der Waals surface area contributed by atoms with E-state index in [0.29, 0.717) is 30.7 Å². The number of sulfonamides is 1. The van der Waals surface area contributed by atoms with Gasteiger partial charge < -0.3 is 14.6 Å². The van der Waals surface area contributed by atoms with Crippen molar-refractivity contribution >= 4 is 10.0 Å². The van der Waals surface area contributed by atoms with E-state index < -0.39 is 10.0 Å². The van der Waals surface area contributed by atoms with E-state index in [4.69, 9.17) is 4.42 Å². The second kappa shape index (κ2) is 6.48. The predicted octanol–water partition coefficient (Wildman–Crippen LogP) is 1.07. The number of furan rings is 1. The van der Waals surface area contributed by atoms with Crippen molar-refractivity contribution in [2.45, 2.75) is 50.2 Å². The second-order valence-corrected chi connectivity index (χ2v) is 7.69. The van der Waals surface area contributed by atoms with Crippen LogP contribution in [0.15, 0.2) is 15.4 Å². The summed E-state index contributed by atoms with van der Waals surface area (Å²) in [6.07, 6.45) is 2.38. The lowest BCUT2D eigenvalue weighted by atomic mass is 10.3. The predicted molar refractivity (Wildman–Crippen MR) is 81.6 cm³/mol. The molecule has 6 nitrogen and oxygen atoms in total. The average molecular weight is 315 g/mol. The third-order valence-corrected chi connectivity index (χ3v) is 5.34. The molecule has 1 aromatic heterocycles. The number of rotatable bonds is 8. The smallest absolute Gasteiger partial charge is 0.244 e. The highest BCUT2D eigenvalue weighted by molar-refractivity contribution is 7.89. The van der Waals surface area contributed by atoms with Crippen molar-refractivity contribution in [2.24, 2.45) is 0 Å². The van der Waals surface area contributed by atoms with Crippen molar-refractivity contribution in [3.63, 3.8) is 0 Å². The molecule has 1 atom stereocenters. The van der Waals surface area contributed by atoms with Gasteiger partial charge in [0.2, 0.25) is 10.0 Å². The van der Waals surface area contributed by atoms with Gasteiger partial charge in [0.05, 0.1) is 6.54 Å². The summed E-state index contributed by atoms with van der Waals surface area (Å²) in [6, 6.07) is 2.31. The van der Waals surface area contributed by atoms with Gasteiger partial charge in [-0.05, 0) is 40.8 Å². The summed E-state index contributed by atoms with van der Waals surface area (Å²) >= 11 is 0. The van der Waals surface area contributed by atoms with Gasteiger partial charge in [0.15, 0.2) is 0 Å². The normalized spacial score (nSPS) is 17.4. The average Bonchev–Trinajstić information content (AvgIpc) is 3.16. The zero-order valence-corrected chi connectivity index (χ0v) is 14.0. The van der Waals surface area contributed by atoms with Crippen LogP contribution in [0.2, 0.25) is 0 Å². The molecule has 21 heavy (non-hydrogen) atoms. The van der Waals surface area contributed by atoms with E-state index in [-0.39, 0.29) is 10.9 Å². The Kier molecular flexibility index (Phi) is 5.08. The standard InChI is InChI=1S/C14H25N3O3S/c1-10(17(3)4)8-16-21(18,19)14-7-13(20-11(14)2)9-15-12-5-6-12/h7,10,12,15-16H,5-6,8-9H2,1-4H3. The van der Waals surface area contributed by atoms with Crippen LogP contribution in [-0.4, -0.2) is 46.0 Å². The third-order valence-electron chi connectivity index (χ3n) is 3.81. The monoisotopic (exact) mass is 315 g/mol. The van der Waals surface area contributed by atoms with E-state index in [0.717, 1.165) is 0 Å². The first-order chi connectivity index (χ1) is 9.79. The number of nitrogens with zero attached hydrogens (tertiary/aromatic N) is 1. The van der Waals surface area contributed by atoms with Gasteiger partial charge in [-0.3, -0.25) is 0 Å². The molecule has 2 N–H and O–H groups in total. The van der Waals surface area contributed by atoms with Crippen molar-refractivity contribution in [1.82, 2.24) is 14.9 Å². The van der Waals surface area contributed by atoms with Gasteiger partial charge in [-0.1, -0.05) is 0 Å². The number of aryl methyl sites for hydroxylation is 1. The molecule has 1 heterocycles. The molecule has 0 spiro atoms. The molecule has 120 valence electrons. The first-order valence-electron chi connectivity index (χ1n) is 7.28. The minimum absolute atomic E-state index is 0.128. The molecule has 0 aliphatic heterocycles. The van der Waals surface area contributed by atoms with Crippen LogP contribution in [0.25, 0.3) is 0 Å². The van der Waals surface area contributed by atoms with E-state index in [9.17, 15) is 8.42 Å². The molecular weight excluding hydrogens is 290 g/mol. The number of hydrogen-bond donors (Lipinski definition) is 2. The zero-order chi connectivity index (χ0) is 15.6. The van der Waals surface area contributed by atoms with Crippen LogP contribution in [0.5, 0.6) is 0 Å². The Bertz CT molecular complexity index is 576. The molecular formula is C14H25N3O3S. The number of hydrogen-bond acceptors (Lipinski definition) is 5. The molecule has 2 rings (SSSR count). The fourth-order valence-corrected chi connectivity index (χ4v) is 3.22. The Balaban J connectivity index is 2.00. The molecule has 1 aliphatic rings. The molecule has 1 aliphatic carbocycles. The Hall–Kier alpha value is -0.890. The quantitative estimate of drug-likeness (QED) is 0.750. The van der Waals surface area contributed by atoms with Crippen molar-refractivity contribution in [2.75, 3.05) is 20.6 Å². The van der Waals surface area contributed by atoms with Crippen LogP contribution < -0.4 is 10.0 Å². The van der Waals surface area contributed by atoms with Crippen molar-refractivity contribution in [3.05, 3.63) is 17.6 Å². The van der Waals surface area contributed by atoms with E-state index in [1.54, 1.807) is 13.0 Å². The highest BCUT2D eigenvalue weighted by Gasteiger charge is 2.24. The fourth-order valence-electron chi connectivity index (χ4n) is 1.90. The molecule has 0 radical (unpaired) electrons. The van der Waals surface area contributed by atoms with Gasteiger partial charge in [-0.2, -0.15) is 0 Å². The van der Waals surface area contributed by atoms with Gasteiger partial charge in [0.1, 0.15) is 16.4 Å². The summed E-state index contributed by atoms with van der Waals surface area (Å²) in [5.74, 6) is 1.10. The molecule has 0 bridgehead atoms. The van der Waals surface area contributed by atoms with Crippen LogP contribution >= 0.6 is 0 Å². The van der Waals surface area contributed by atoms with Crippen LogP contribution in [0.4, 0.5) is 0 Å². The topological polar surface area (TPSA) is 74.6 Å². The first kappa shape index (κ1) is 16.5. The molecule has 1 fully saturated rings. The van der Waals surface area contributed by atoms with Gasteiger partial charge >= 0.3 is 0 Å². The Morgan fingerprint density at radius 3 is 2.67 bits per heavy atom. The van der Waals surface area contributed by atoms with Crippen molar-refractivity contribution in [3.8, 4) is 0 Å². The summed E-state index contributed by atoms with van der Waals surface area (Å²) in [6.45, 7) is 4.60. The maximum Gasteiger partial charge on any atom is 0.244 e. The lowest BCUT2D eigenvalue weighted by Crippen LogP contribution is -2.38. The van der Waals surface area contributed by atoms with E-state index in [2.05, 4.69) is 10.0 Å². The summed E-state index contributed by atoms with van der Waals surface area (Å²) in [7, 11) is 0.321. The highest BCUT2D eigenvalue weighted by atomic mass is 32.2. The van der Waals surface area contributed by atoms with Crippen molar-refractivity contribution in [1.29, 1.82) is 0 Å². The van der Waals surface area contributed by atoms with Gasteiger partial charge in [-0.15, -0.1) is 0 Å². The molecule has 1 unspecified atom stereocenters. The van der Waals surface area contributed by atoms with E-state index >= 15 is 0 Å². The van der Waals surface area contributed by atoms with Crippen LogP contribution in [0.3, 0.4) is 0 Å². The number of nitrogens with one attached hydrogen (secondary N) is 2. The lowest BCUT2D eigenvalue weighted by Gasteiger charge is -2.19. The summed E-state index contributed by atoms with van der Waals surface area (Å²) < 4.78 is 32.8. The lowest BCUT2D eigenvalue weighted by molar-refractivity contribution is 0.314. The van der Waals surface area contributed by atoms with Crippen LogP contribution in [0, 0.1) is 6.92 Å². The summed E-state index contributed by atoms with van der Waals surface area (Å²) in [4.78, 5) is 2.21. The highest BCUT2D eigenvalue weighted by Crippen LogP contribution is 2.22. The maximum atomic E-state index is 12.3. The minimum Gasteiger partial charge on any atom is -0.464 e. The Morgan fingerprint density at radius 1 is 1.43 bits per heavy atom. The maximum absolute atomic E-state index is 12.3. The second-order valence-electron chi connectivity index (χ2n) is 5.95. The van der Waals surface area contributed by atoms with E-state index in [1.807, 2.05) is 25.9 Å². The van der Waals surface area contributed by atoms with E-state index in [1.165, 1.54) is 12.8 Å². The van der Waals surface area contributed by atoms with Gasteiger partial charge in [-0.25, -0.2) is 13.1 Å². The molecule has 0 saturated heterocycles. The minimum atomic E-state index is -3.52. The summed E-state index contributed by atoms with van der Waals surface area (Å²) in [5, 5.41) is 3.31. The Labute approximate surface area is 126 Å². The third kappa shape index (κ3) is 4.54. The molecule has 0 aromatic carbocycles. The summed E-state index contributed by atoms with van der Waals surface area (Å²) in [5.41, 5.74) is 0. The first-order valence-corrected chi connectivity index (χ1v) is 8.76. The molecule has 1 aromatic rings. The molecule has 0 amide bonds. The Morgan fingerprint density at radius 2 is 2.10 bits per heavy atom. The van der Waals surface area contributed by atoms with Gasteiger partial charge in [0.25, 0.3) is 0 Å². The number of likely N-dealkylation sites (N-methyl/N-ethyl adjacent to an activating group) is 1. The van der Waals surface area contributed by atoms with Gasteiger partial charge in [0, 0.05) is 24.7 Å². The molecule has 7 heteroatoms. The van der Waals surface area contributed by atoms with Crippen LogP contribution in [0.1, 0.15) is 31.3 Å².